The topological polar surface area (TPSA) is 52.6 Å². The fourth-order valence-electron chi connectivity index (χ4n) is 2.54. The van der Waals surface area contributed by atoms with Gasteiger partial charge in [-0.3, -0.25) is 9.59 Å². The number of halogens is 2. The molecule has 2 aromatic carbocycles. The van der Waals surface area contributed by atoms with Crippen molar-refractivity contribution in [2.75, 3.05) is 0 Å². The third-order valence-electron chi connectivity index (χ3n) is 4.54. The van der Waals surface area contributed by atoms with Gasteiger partial charge in [-0.25, -0.2) is 0 Å². The second kappa shape index (κ2) is 10.2. The minimum absolute atomic E-state index is 0.219. The molecule has 0 aliphatic carbocycles. The Labute approximate surface area is 182 Å². The molecule has 0 bridgehead atoms. The first-order valence-electron chi connectivity index (χ1n) is 9.17. The van der Waals surface area contributed by atoms with Crippen molar-refractivity contribution in [2.24, 2.45) is 0 Å². The van der Waals surface area contributed by atoms with E-state index in [0.29, 0.717) is 12.8 Å². The van der Waals surface area contributed by atoms with Crippen molar-refractivity contribution in [3.8, 4) is 0 Å². The number of benzene rings is 2. The molecule has 150 valence electrons. The summed E-state index contributed by atoms with van der Waals surface area (Å²) >= 11 is 6.76. The zero-order chi connectivity index (χ0) is 20.7. The molecule has 28 heavy (non-hydrogen) atoms. The summed E-state index contributed by atoms with van der Waals surface area (Å²) in [4.78, 5) is 24.9. The van der Waals surface area contributed by atoms with Gasteiger partial charge in [-0.05, 0) is 48.7 Å². The van der Waals surface area contributed by atoms with Crippen LogP contribution in [0.1, 0.15) is 50.7 Å². The van der Waals surface area contributed by atoms with Gasteiger partial charge in [-0.2, -0.15) is 0 Å². The molecular formula is C22H24Br2O4. The number of carbonyl (C=O) groups is 2. The van der Waals surface area contributed by atoms with Crippen LogP contribution >= 0.6 is 31.9 Å². The largest absolute Gasteiger partial charge is 0.423 e. The van der Waals surface area contributed by atoms with E-state index in [4.69, 9.17) is 9.47 Å². The maximum Gasteiger partial charge on any atom is 0.316 e. The predicted molar refractivity (Wildman–Crippen MR) is 116 cm³/mol. The average molecular weight is 512 g/mol. The Morgan fingerprint density at radius 2 is 1.50 bits per heavy atom. The molecule has 0 saturated heterocycles. The molecule has 2 aromatic rings. The number of esters is 2. The fraction of sp³-hybridized carbons (Fsp3) is 0.364. The molecule has 0 radical (unpaired) electrons. The van der Waals surface area contributed by atoms with Gasteiger partial charge < -0.3 is 9.47 Å². The Kier molecular flexibility index (Phi) is 8.25. The molecule has 0 saturated carbocycles. The van der Waals surface area contributed by atoms with Crippen LogP contribution in [0.2, 0.25) is 0 Å². The molecule has 2 unspecified atom stereocenters. The summed E-state index contributed by atoms with van der Waals surface area (Å²) in [5.41, 5.74) is 1.88. The summed E-state index contributed by atoms with van der Waals surface area (Å²) in [6, 6.07) is 15.3. The van der Waals surface area contributed by atoms with E-state index in [0.717, 1.165) is 20.1 Å². The van der Waals surface area contributed by atoms with Gasteiger partial charge in [-0.1, -0.05) is 63.0 Å². The Morgan fingerprint density at radius 1 is 0.964 bits per heavy atom. The van der Waals surface area contributed by atoms with Crippen molar-refractivity contribution >= 4 is 43.8 Å². The van der Waals surface area contributed by atoms with Crippen LogP contribution < -0.4 is 0 Å². The molecule has 0 N–H and O–H groups in total. The van der Waals surface area contributed by atoms with Crippen LogP contribution in [-0.4, -0.2) is 17.7 Å². The third-order valence-corrected chi connectivity index (χ3v) is 5.60. The van der Waals surface area contributed by atoms with E-state index < -0.39 is 23.6 Å². The zero-order valence-corrected chi connectivity index (χ0v) is 19.4. The first-order valence-corrected chi connectivity index (χ1v) is 10.8. The van der Waals surface area contributed by atoms with Crippen molar-refractivity contribution in [2.45, 2.75) is 51.7 Å². The number of aryl methyl sites for hydroxylation is 1. The Hall–Kier alpha value is -1.66. The maximum absolute atomic E-state index is 12.6. The second-order valence-electron chi connectivity index (χ2n) is 6.78. The van der Waals surface area contributed by atoms with E-state index in [2.05, 4.69) is 31.9 Å². The Bertz CT molecular complexity index is 802. The molecule has 0 aromatic heterocycles. The fourth-order valence-corrected chi connectivity index (χ4v) is 3.07. The van der Waals surface area contributed by atoms with Gasteiger partial charge in [-0.15, -0.1) is 0 Å². The third kappa shape index (κ3) is 6.74. The minimum atomic E-state index is -1.28. The van der Waals surface area contributed by atoms with Gasteiger partial charge in [0.25, 0.3) is 5.79 Å². The lowest BCUT2D eigenvalue weighted by Crippen LogP contribution is -2.37. The van der Waals surface area contributed by atoms with Gasteiger partial charge in [0.2, 0.25) is 0 Å². The van der Waals surface area contributed by atoms with E-state index in [9.17, 15) is 9.59 Å². The second-order valence-corrected chi connectivity index (χ2v) is 8.61. The molecule has 6 heteroatoms. The smallest absolute Gasteiger partial charge is 0.316 e. The average Bonchev–Trinajstić information content (AvgIpc) is 2.67. The molecule has 0 amide bonds. The lowest BCUT2D eigenvalue weighted by molar-refractivity contribution is -0.224. The molecule has 2 rings (SSSR count). The normalized spacial score (nSPS) is 14.0. The van der Waals surface area contributed by atoms with Crippen LogP contribution in [0.15, 0.2) is 57.5 Å². The number of rotatable bonds is 8. The molecule has 0 fully saturated rings. The van der Waals surface area contributed by atoms with E-state index >= 15 is 0 Å². The monoisotopic (exact) mass is 510 g/mol. The van der Waals surface area contributed by atoms with Gasteiger partial charge in [0.05, 0.1) is 5.92 Å². The molecule has 4 nitrogen and oxygen atoms in total. The minimum Gasteiger partial charge on any atom is -0.423 e. The van der Waals surface area contributed by atoms with Crippen molar-refractivity contribution in [3.63, 3.8) is 0 Å². The summed E-state index contributed by atoms with van der Waals surface area (Å²) in [5.74, 6) is -2.55. The van der Waals surface area contributed by atoms with Crippen LogP contribution in [0.5, 0.6) is 0 Å². The van der Waals surface area contributed by atoms with Crippen LogP contribution in [0.3, 0.4) is 0 Å². The highest BCUT2D eigenvalue weighted by atomic mass is 79.9. The van der Waals surface area contributed by atoms with Crippen molar-refractivity contribution in [3.05, 3.63) is 68.6 Å². The van der Waals surface area contributed by atoms with Crippen LogP contribution in [-0.2, 0) is 25.5 Å². The molecule has 2 atom stereocenters. The Morgan fingerprint density at radius 3 is 2.04 bits per heavy atom. The highest BCUT2D eigenvalue weighted by molar-refractivity contribution is 9.10. The van der Waals surface area contributed by atoms with Crippen LogP contribution in [0.4, 0.5) is 0 Å². The van der Waals surface area contributed by atoms with E-state index in [1.165, 1.54) is 0 Å². The standard InChI is InChI=1S/C22H24Br2O4/c1-4-22(3,27-20(25)14-7-16-5-10-18(23)11-6-16)28-21(26)15(2)17-8-12-19(24)13-9-17/h5-6,8-13,15H,4,7,14H2,1-3H3. The number of carbonyl (C=O) groups excluding carboxylic acids is 2. The van der Waals surface area contributed by atoms with E-state index in [-0.39, 0.29) is 6.42 Å². The molecule has 0 aliphatic heterocycles. The number of ether oxygens (including phenoxy) is 2. The zero-order valence-electron chi connectivity index (χ0n) is 16.2. The molecule has 0 heterocycles. The summed E-state index contributed by atoms with van der Waals surface area (Å²) in [5, 5.41) is 0. The number of hydrogen-bond acceptors (Lipinski definition) is 4. The summed E-state index contributed by atoms with van der Waals surface area (Å²) < 4.78 is 13.0. The van der Waals surface area contributed by atoms with E-state index in [1.54, 1.807) is 13.8 Å². The highest BCUT2D eigenvalue weighted by Gasteiger charge is 2.33. The van der Waals surface area contributed by atoms with Crippen molar-refractivity contribution in [1.29, 1.82) is 0 Å². The van der Waals surface area contributed by atoms with Gasteiger partial charge >= 0.3 is 11.9 Å². The Balaban J connectivity index is 1.93. The van der Waals surface area contributed by atoms with Crippen LogP contribution in [0.25, 0.3) is 0 Å². The summed E-state index contributed by atoms with van der Waals surface area (Å²) in [6.45, 7) is 5.22. The summed E-state index contributed by atoms with van der Waals surface area (Å²) in [6.07, 6.45) is 1.15. The SMILES string of the molecule is CCC(C)(OC(=O)CCc1ccc(Br)cc1)OC(=O)C(C)c1ccc(Br)cc1. The molecule has 0 spiro atoms. The van der Waals surface area contributed by atoms with Crippen molar-refractivity contribution in [1.82, 2.24) is 0 Å². The molecular weight excluding hydrogens is 488 g/mol. The first kappa shape index (κ1) is 22.6. The number of hydrogen-bond donors (Lipinski definition) is 0. The predicted octanol–water partition coefficient (Wildman–Crippen LogP) is 6.16. The van der Waals surface area contributed by atoms with Gasteiger partial charge in [0.1, 0.15) is 0 Å². The highest BCUT2D eigenvalue weighted by Crippen LogP contribution is 2.25. The summed E-state index contributed by atoms with van der Waals surface area (Å²) in [7, 11) is 0. The quantitative estimate of drug-likeness (QED) is 0.314. The van der Waals surface area contributed by atoms with Gasteiger partial charge in [0.15, 0.2) is 0 Å². The van der Waals surface area contributed by atoms with Crippen molar-refractivity contribution < 1.29 is 19.1 Å². The lowest BCUT2D eigenvalue weighted by atomic mass is 10.0. The maximum atomic E-state index is 12.6. The first-order chi connectivity index (χ1) is 13.2. The molecule has 0 aliphatic rings. The van der Waals surface area contributed by atoms with E-state index in [1.807, 2.05) is 55.5 Å². The lowest BCUT2D eigenvalue weighted by Gasteiger charge is -2.29. The van der Waals surface area contributed by atoms with Crippen LogP contribution in [0, 0.1) is 0 Å². The van der Waals surface area contributed by atoms with Gasteiger partial charge in [0, 0.05) is 28.7 Å².